The van der Waals surface area contributed by atoms with Crippen molar-refractivity contribution in [2.45, 2.75) is 32.3 Å². The molecule has 0 spiro atoms. The number of fused-ring (bicyclic) bond motifs is 2. The molecule has 1 unspecified atom stereocenters. The van der Waals surface area contributed by atoms with E-state index in [2.05, 4.69) is 28.1 Å². The van der Waals surface area contributed by atoms with Crippen LogP contribution in [0.2, 0.25) is 0 Å². The minimum Gasteiger partial charge on any atom is -0.483 e. The van der Waals surface area contributed by atoms with Crippen LogP contribution < -0.4 is 4.74 Å². The van der Waals surface area contributed by atoms with Crippen molar-refractivity contribution >= 4 is 32.5 Å². The van der Waals surface area contributed by atoms with E-state index in [4.69, 9.17) is 4.74 Å². The molecule has 25 heavy (non-hydrogen) atoms. The first kappa shape index (κ1) is 16.3. The lowest BCUT2D eigenvalue weighted by Gasteiger charge is -2.15. The molecule has 1 atom stereocenters. The Labute approximate surface area is 155 Å². The summed E-state index contributed by atoms with van der Waals surface area (Å²) < 4.78 is 6.98. The van der Waals surface area contributed by atoms with Crippen LogP contribution in [0.1, 0.15) is 34.8 Å². The van der Waals surface area contributed by atoms with Gasteiger partial charge in [-0.15, -0.1) is 0 Å². The first-order chi connectivity index (χ1) is 12.1. The molecule has 0 bridgehead atoms. The molecule has 0 aromatic heterocycles. The zero-order valence-corrected chi connectivity index (χ0v) is 15.7. The molecule has 0 heterocycles. The fraction of sp³-hybridized carbons (Fsp3) is 0.227. The van der Waals surface area contributed by atoms with Crippen LogP contribution in [0.25, 0.3) is 10.8 Å². The number of carbonyl (C=O) groups is 1. The topological polar surface area (TPSA) is 26.3 Å². The summed E-state index contributed by atoms with van der Waals surface area (Å²) in [4.78, 5) is 12.7. The summed E-state index contributed by atoms with van der Waals surface area (Å²) in [6, 6.07) is 18.1. The third-order valence-electron chi connectivity index (χ3n) is 4.84. The molecule has 2 nitrogen and oxygen atoms in total. The molecular weight excluding hydrogens is 376 g/mol. The van der Waals surface area contributed by atoms with Crippen LogP contribution in [-0.2, 0) is 12.8 Å². The molecule has 0 N–H and O–H groups in total. The van der Waals surface area contributed by atoms with Gasteiger partial charge < -0.3 is 4.74 Å². The van der Waals surface area contributed by atoms with Crippen LogP contribution in [0.15, 0.2) is 59.1 Å². The molecule has 1 aliphatic rings. The van der Waals surface area contributed by atoms with Gasteiger partial charge in [-0.2, -0.15) is 0 Å². The smallest absolute Gasteiger partial charge is 0.203 e. The molecule has 0 radical (unpaired) electrons. The van der Waals surface area contributed by atoms with Crippen molar-refractivity contribution in [2.24, 2.45) is 0 Å². The fourth-order valence-electron chi connectivity index (χ4n) is 3.49. The number of hydrogen-bond donors (Lipinski definition) is 0. The largest absolute Gasteiger partial charge is 0.483 e. The second-order valence-electron chi connectivity index (χ2n) is 6.61. The maximum absolute atomic E-state index is 12.7. The van der Waals surface area contributed by atoms with Crippen molar-refractivity contribution in [3.63, 3.8) is 0 Å². The second kappa shape index (κ2) is 6.64. The zero-order chi connectivity index (χ0) is 17.4. The summed E-state index contributed by atoms with van der Waals surface area (Å²) in [5.74, 6) is 0.752. The van der Waals surface area contributed by atoms with Gasteiger partial charge in [0.1, 0.15) is 5.75 Å². The number of hydrogen-bond acceptors (Lipinski definition) is 2. The van der Waals surface area contributed by atoms with Crippen molar-refractivity contribution < 1.29 is 9.53 Å². The summed E-state index contributed by atoms with van der Waals surface area (Å²) in [7, 11) is 0. The average Bonchev–Trinajstić information content (AvgIpc) is 3.08. The van der Waals surface area contributed by atoms with Crippen LogP contribution in [0, 0.1) is 0 Å². The van der Waals surface area contributed by atoms with Gasteiger partial charge >= 0.3 is 0 Å². The number of ether oxygens (including phenoxy) is 1. The summed E-state index contributed by atoms with van der Waals surface area (Å²) in [6.45, 7) is 1.82. The van der Waals surface area contributed by atoms with Gasteiger partial charge in [0.25, 0.3) is 0 Å². The van der Waals surface area contributed by atoms with Gasteiger partial charge in [0, 0.05) is 10.0 Å². The highest BCUT2D eigenvalue weighted by Crippen LogP contribution is 2.26. The summed E-state index contributed by atoms with van der Waals surface area (Å²) in [5.41, 5.74) is 3.44. The Kier molecular flexibility index (Phi) is 4.34. The fourth-order valence-corrected chi connectivity index (χ4v) is 3.86. The standard InChI is InChI=1S/C22H19BrO2/c1-14(22(24)19-6-5-15-3-2-4-16(15)11-19)25-21-10-8-17-12-20(23)9-7-18(17)13-21/h5-14H,2-4H2,1H3. The molecule has 0 aliphatic heterocycles. The van der Waals surface area contributed by atoms with Gasteiger partial charge in [0.15, 0.2) is 6.10 Å². The Morgan fingerprint density at radius 1 is 0.960 bits per heavy atom. The number of halogens is 1. The Morgan fingerprint density at radius 2 is 1.72 bits per heavy atom. The van der Waals surface area contributed by atoms with E-state index in [1.54, 1.807) is 0 Å². The molecule has 4 rings (SSSR count). The molecule has 1 aliphatic carbocycles. The maximum Gasteiger partial charge on any atom is 0.203 e. The lowest BCUT2D eigenvalue weighted by Crippen LogP contribution is -2.24. The molecule has 0 saturated carbocycles. The van der Waals surface area contributed by atoms with Gasteiger partial charge in [-0.25, -0.2) is 0 Å². The highest BCUT2D eigenvalue weighted by molar-refractivity contribution is 9.10. The van der Waals surface area contributed by atoms with Crippen LogP contribution >= 0.6 is 15.9 Å². The molecule has 0 saturated heterocycles. The molecule has 3 aromatic rings. The van der Waals surface area contributed by atoms with Gasteiger partial charge in [0.05, 0.1) is 0 Å². The Bertz CT molecular complexity index is 961. The maximum atomic E-state index is 12.7. The average molecular weight is 395 g/mol. The second-order valence-corrected chi connectivity index (χ2v) is 7.53. The third kappa shape index (κ3) is 3.34. The summed E-state index contributed by atoms with van der Waals surface area (Å²) in [6.07, 6.45) is 2.88. The van der Waals surface area contributed by atoms with Crippen molar-refractivity contribution in [3.05, 3.63) is 75.8 Å². The minimum absolute atomic E-state index is 0.0330. The molecule has 0 fully saturated rings. The molecule has 126 valence electrons. The third-order valence-corrected chi connectivity index (χ3v) is 5.33. The normalized spacial score (nSPS) is 14.3. The van der Waals surface area contributed by atoms with E-state index in [-0.39, 0.29) is 5.78 Å². The highest BCUT2D eigenvalue weighted by atomic mass is 79.9. The monoisotopic (exact) mass is 394 g/mol. The molecule has 3 heteroatoms. The van der Waals surface area contributed by atoms with Crippen LogP contribution in [-0.4, -0.2) is 11.9 Å². The van der Waals surface area contributed by atoms with E-state index >= 15 is 0 Å². The molecule has 0 amide bonds. The minimum atomic E-state index is -0.507. The van der Waals surface area contributed by atoms with E-state index in [0.29, 0.717) is 0 Å². The first-order valence-corrected chi connectivity index (χ1v) is 9.41. The molecule has 3 aromatic carbocycles. The van der Waals surface area contributed by atoms with E-state index in [1.807, 2.05) is 49.4 Å². The van der Waals surface area contributed by atoms with Crippen molar-refractivity contribution in [1.29, 1.82) is 0 Å². The molecular formula is C22H19BrO2. The van der Waals surface area contributed by atoms with Gasteiger partial charge in [-0.3, -0.25) is 4.79 Å². The van der Waals surface area contributed by atoms with Gasteiger partial charge in [0.2, 0.25) is 5.78 Å². The van der Waals surface area contributed by atoms with Gasteiger partial charge in [-0.1, -0.05) is 40.2 Å². The zero-order valence-electron chi connectivity index (χ0n) is 14.1. The Morgan fingerprint density at radius 3 is 2.60 bits per heavy atom. The first-order valence-electron chi connectivity index (χ1n) is 8.62. The predicted octanol–water partition coefficient (Wildman–Crippen LogP) is 5.74. The quantitative estimate of drug-likeness (QED) is 0.527. The van der Waals surface area contributed by atoms with Crippen molar-refractivity contribution in [1.82, 2.24) is 0 Å². The van der Waals surface area contributed by atoms with E-state index in [9.17, 15) is 4.79 Å². The lowest BCUT2D eigenvalue weighted by atomic mass is 10.0. The van der Waals surface area contributed by atoms with Crippen molar-refractivity contribution in [3.8, 4) is 5.75 Å². The number of ketones is 1. The number of benzene rings is 3. The van der Waals surface area contributed by atoms with E-state index in [1.165, 1.54) is 17.5 Å². The summed E-state index contributed by atoms with van der Waals surface area (Å²) in [5, 5.41) is 2.23. The SMILES string of the molecule is CC(Oc1ccc2cc(Br)ccc2c1)C(=O)c1ccc2c(c1)CCC2. The number of aryl methyl sites for hydroxylation is 2. The van der Waals surface area contributed by atoms with Gasteiger partial charge in [-0.05, 0) is 78.4 Å². The Hall–Kier alpha value is -2.13. The number of carbonyl (C=O) groups excluding carboxylic acids is 1. The van der Waals surface area contributed by atoms with Crippen LogP contribution in [0.4, 0.5) is 0 Å². The predicted molar refractivity (Wildman–Crippen MR) is 105 cm³/mol. The van der Waals surface area contributed by atoms with Crippen molar-refractivity contribution in [2.75, 3.05) is 0 Å². The van der Waals surface area contributed by atoms with E-state index < -0.39 is 6.10 Å². The van der Waals surface area contributed by atoms with Crippen LogP contribution in [0.5, 0.6) is 5.75 Å². The highest BCUT2D eigenvalue weighted by Gasteiger charge is 2.19. The number of Topliss-reactive ketones (excluding diaryl/α,β-unsaturated/α-hetero) is 1. The lowest BCUT2D eigenvalue weighted by molar-refractivity contribution is 0.0818. The van der Waals surface area contributed by atoms with Crippen LogP contribution in [0.3, 0.4) is 0 Å². The Balaban J connectivity index is 1.54. The number of rotatable bonds is 4. The van der Waals surface area contributed by atoms with E-state index in [0.717, 1.165) is 39.4 Å². The summed E-state index contributed by atoms with van der Waals surface area (Å²) >= 11 is 3.48.